The van der Waals surface area contributed by atoms with Gasteiger partial charge < -0.3 is 9.30 Å². The molecule has 5 aromatic rings. The largest absolute Gasteiger partial charge is 0.439 e. The smallest absolute Gasteiger partial charge is 0.291 e. The van der Waals surface area contributed by atoms with E-state index in [9.17, 15) is 4.79 Å². The number of hydrogen-bond acceptors (Lipinski definition) is 5. The molecule has 0 bridgehead atoms. The molecule has 4 aromatic heterocycles. The monoisotopic (exact) mass is 431 g/mol. The maximum atomic E-state index is 13.2. The summed E-state index contributed by atoms with van der Waals surface area (Å²) in [5.41, 5.74) is 2.96. The van der Waals surface area contributed by atoms with E-state index in [0.717, 1.165) is 27.7 Å². The summed E-state index contributed by atoms with van der Waals surface area (Å²) in [6, 6.07) is 16.6. The molecule has 0 atom stereocenters. The first-order valence-corrected chi connectivity index (χ1v) is 10.1. The van der Waals surface area contributed by atoms with Crippen LogP contribution in [-0.4, -0.2) is 24.3 Å². The van der Waals surface area contributed by atoms with E-state index >= 15 is 0 Å². The topological polar surface area (TPSA) is 74.8 Å². The van der Waals surface area contributed by atoms with Crippen LogP contribution in [0.2, 0.25) is 5.15 Å². The molecule has 1 aromatic carbocycles. The Balaban J connectivity index is 1.58. The molecule has 0 amide bonds. The van der Waals surface area contributed by atoms with Gasteiger partial charge in [0.15, 0.2) is 0 Å². The lowest BCUT2D eigenvalue weighted by Crippen LogP contribution is -2.24. The van der Waals surface area contributed by atoms with Gasteiger partial charge >= 0.3 is 0 Å². The van der Waals surface area contributed by atoms with Gasteiger partial charge in [0.05, 0.1) is 24.0 Å². The number of benzene rings is 1. The van der Waals surface area contributed by atoms with Crippen LogP contribution in [0.15, 0.2) is 65.6 Å². The average Bonchev–Trinajstić information content (AvgIpc) is 3.02. The van der Waals surface area contributed by atoms with E-state index in [1.54, 1.807) is 24.4 Å². The molecule has 8 heteroatoms. The second-order valence-corrected chi connectivity index (χ2v) is 7.67. The van der Waals surface area contributed by atoms with Crippen molar-refractivity contribution in [3.8, 4) is 11.6 Å². The van der Waals surface area contributed by atoms with Gasteiger partial charge in [-0.25, -0.2) is 9.67 Å². The van der Waals surface area contributed by atoms with E-state index < -0.39 is 0 Å². The number of hydrogen-bond donors (Lipinski definition) is 0. The quantitative estimate of drug-likeness (QED) is 0.392. The normalized spacial score (nSPS) is 11.3. The van der Waals surface area contributed by atoms with Crippen molar-refractivity contribution in [3.05, 3.63) is 87.7 Å². The standard InChI is InChI=1S/C23H18ClN5O2/c1-14-5-3-6-15(26-14)13-29-23(30)22-18(12-25-29)17-10-9-16(11-19(17)28(22)2)31-21-8-4-7-20(24)27-21/h3-12H,13H2,1-2H3. The molecule has 31 heavy (non-hydrogen) atoms. The lowest BCUT2D eigenvalue weighted by molar-refractivity contribution is 0.463. The fourth-order valence-electron chi connectivity index (χ4n) is 3.72. The van der Waals surface area contributed by atoms with Gasteiger partial charge in [0.25, 0.3) is 5.56 Å². The fraction of sp³-hybridized carbons (Fsp3) is 0.130. The van der Waals surface area contributed by atoms with Crippen molar-refractivity contribution in [1.29, 1.82) is 0 Å². The summed E-state index contributed by atoms with van der Waals surface area (Å²) >= 11 is 5.94. The zero-order valence-corrected chi connectivity index (χ0v) is 17.7. The van der Waals surface area contributed by atoms with E-state index in [4.69, 9.17) is 16.3 Å². The summed E-state index contributed by atoms with van der Waals surface area (Å²) in [7, 11) is 1.86. The predicted octanol–water partition coefficient (Wildman–Crippen LogP) is 4.48. The van der Waals surface area contributed by atoms with E-state index in [1.165, 1.54) is 4.68 Å². The van der Waals surface area contributed by atoms with Crippen molar-refractivity contribution in [2.24, 2.45) is 7.05 Å². The SMILES string of the molecule is Cc1cccc(Cn2ncc3c4ccc(Oc5cccc(Cl)n5)cc4n(C)c3c2=O)n1. The molecule has 4 heterocycles. The van der Waals surface area contributed by atoms with Gasteiger partial charge in [0.1, 0.15) is 16.4 Å². The van der Waals surface area contributed by atoms with Gasteiger partial charge in [-0.05, 0) is 37.3 Å². The summed E-state index contributed by atoms with van der Waals surface area (Å²) in [5.74, 6) is 1.01. The average molecular weight is 432 g/mol. The van der Waals surface area contributed by atoms with Crippen molar-refractivity contribution in [3.63, 3.8) is 0 Å². The Morgan fingerprint density at radius 2 is 1.87 bits per heavy atom. The number of pyridine rings is 2. The minimum absolute atomic E-state index is 0.168. The third-order valence-corrected chi connectivity index (χ3v) is 5.35. The minimum atomic E-state index is -0.168. The van der Waals surface area contributed by atoms with Gasteiger partial charge in [0, 0.05) is 35.6 Å². The zero-order chi connectivity index (χ0) is 21.5. The summed E-state index contributed by atoms with van der Waals surface area (Å²) in [6.45, 7) is 2.23. The summed E-state index contributed by atoms with van der Waals surface area (Å²) < 4.78 is 9.16. The number of halogens is 1. The number of ether oxygens (including phenoxy) is 1. The van der Waals surface area contributed by atoms with E-state index in [-0.39, 0.29) is 5.56 Å². The van der Waals surface area contributed by atoms with E-state index in [2.05, 4.69) is 15.1 Å². The lowest BCUT2D eigenvalue weighted by atomic mass is 10.2. The van der Waals surface area contributed by atoms with Crippen molar-refractivity contribution in [2.75, 3.05) is 0 Å². The molecule has 0 saturated carbocycles. The van der Waals surface area contributed by atoms with Gasteiger partial charge in [-0.1, -0.05) is 23.7 Å². The molecule has 0 unspecified atom stereocenters. The molecule has 0 radical (unpaired) electrons. The van der Waals surface area contributed by atoms with Crippen LogP contribution in [0.3, 0.4) is 0 Å². The molecule has 5 rings (SSSR count). The van der Waals surface area contributed by atoms with Crippen LogP contribution in [0.1, 0.15) is 11.4 Å². The second-order valence-electron chi connectivity index (χ2n) is 7.28. The summed E-state index contributed by atoms with van der Waals surface area (Å²) in [4.78, 5) is 21.8. The Hall–Kier alpha value is -3.71. The van der Waals surface area contributed by atoms with Crippen LogP contribution < -0.4 is 10.3 Å². The van der Waals surface area contributed by atoms with Crippen LogP contribution >= 0.6 is 11.6 Å². The van der Waals surface area contributed by atoms with Gasteiger partial charge in [-0.15, -0.1) is 0 Å². The van der Waals surface area contributed by atoms with Crippen molar-refractivity contribution >= 4 is 33.4 Å². The number of fused-ring (bicyclic) bond motifs is 3. The van der Waals surface area contributed by atoms with E-state index in [0.29, 0.717) is 28.8 Å². The minimum Gasteiger partial charge on any atom is -0.439 e. The summed E-state index contributed by atoms with van der Waals surface area (Å²) in [5, 5.41) is 6.47. The molecule has 0 fully saturated rings. The Morgan fingerprint density at radius 3 is 2.68 bits per heavy atom. The van der Waals surface area contributed by atoms with Gasteiger partial charge in [-0.3, -0.25) is 9.78 Å². The number of aryl methyl sites for hydroxylation is 2. The van der Waals surface area contributed by atoms with Crippen molar-refractivity contribution in [2.45, 2.75) is 13.5 Å². The fourth-order valence-corrected chi connectivity index (χ4v) is 3.88. The van der Waals surface area contributed by atoms with Gasteiger partial charge in [0.2, 0.25) is 5.88 Å². The first-order valence-electron chi connectivity index (χ1n) is 9.71. The second kappa shape index (κ2) is 7.52. The highest BCUT2D eigenvalue weighted by Gasteiger charge is 2.15. The zero-order valence-electron chi connectivity index (χ0n) is 16.9. The van der Waals surface area contributed by atoms with Crippen LogP contribution in [0, 0.1) is 6.92 Å². The van der Waals surface area contributed by atoms with Crippen LogP contribution in [0.25, 0.3) is 21.8 Å². The molecular weight excluding hydrogens is 414 g/mol. The molecule has 0 saturated heterocycles. The molecule has 0 spiro atoms. The molecule has 154 valence electrons. The number of aromatic nitrogens is 5. The van der Waals surface area contributed by atoms with E-state index in [1.807, 2.05) is 54.9 Å². The highest BCUT2D eigenvalue weighted by molar-refractivity contribution is 6.29. The predicted molar refractivity (Wildman–Crippen MR) is 120 cm³/mol. The third kappa shape index (κ3) is 3.53. The van der Waals surface area contributed by atoms with Gasteiger partial charge in [-0.2, -0.15) is 5.10 Å². The maximum absolute atomic E-state index is 13.2. The highest BCUT2D eigenvalue weighted by atomic mass is 35.5. The Bertz CT molecular complexity index is 1510. The van der Waals surface area contributed by atoms with Crippen LogP contribution in [0.4, 0.5) is 0 Å². The first kappa shape index (κ1) is 19.3. The highest BCUT2D eigenvalue weighted by Crippen LogP contribution is 2.30. The third-order valence-electron chi connectivity index (χ3n) is 5.14. The first-order chi connectivity index (χ1) is 15.0. The molecule has 0 aliphatic rings. The Morgan fingerprint density at radius 1 is 1.03 bits per heavy atom. The number of rotatable bonds is 4. The molecule has 7 nitrogen and oxygen atoms in total. The Kier molecular flexibility index (Phi) is 4.67. The molecule has 0 aliphatic carbocycles. The van der Waals surface area contributed by atoms with Crippen molar-refractivity contribution in [1.82, 2.24) is 24.3 Å². The Labute approximate surface area is 182 Å². The molecule has 0 N–H and O–H groups in total. The molecule has 0 aliphatic heterocycles. The maximum Gasteiger partial charge on any atom is 0.291 e. The number of nitrogens with zero attached hydrogens (tertiary/aromatic N) is 5. The lowest BCUT2D eigenvalue weighted by Gasteiger charge is -2.06. The molecular formula is C23H18ClN5O2. The van der Waals surface area contributed by atoms with Crippen LogP contribution in [-0.2, 0) is 13.6 Å². The van der Waals surface area contributed by atoms with Crippen LogP contribution in [0.5, 0.6) is 11.6 Å². The summed E-state index contributed by atoms with van der Waals surface area (Å²) in [6.07, 6.45) is 1.73. The van der Waals surface area contributed by atoms with Crippen molar-refractivity contribution < 1.29 is 4.74 Å².